The SMILES string of the molecule is CCc1nnc2n1-c1sc(C)c(C)c1C(c1ccc(Cl)cc1)=N[C@@H]2CC(=O)OC(C)(C)C. The van der Waals surface area contributed by atoms with Gasteiger partial charge in [-0.05, 0) is 52.3 Å². The first-order chi connectivity index (χ1) is 15.1. The van der Waals surface area contributed by atoms with E-state index in [1.807, 2.05) is 45.0 Å². The number of hydrogen-bond acceptors (Lipinski definition) is 6. The van der Waals surface area contributed by atoms with Gasteiger partial charge in [-0.3, -0.25) is 14.4 Å². The van der Waals surface area contributed by atoms with Crippen molar-refractivity contribution in [2.24, 2.45) is 4.99 Å². The number of ether oxygens (including phenoxy) is 1. The van der Waals surface area contributed by atoms with Crippen LogP contribution in [0.1, 0.15) is 73.4 Å². The maximum atomic E-state index is 12.8. The van der Waals surface area contributed by atoms with E-state index in [-0.39, 0.29) is 12.4 Å². The second-order valence-electron chi connectivity index (χ2n) is 8.92. The molecule has 32 heavy (non-hydrogen) atoms. The second kappa shape index (κ2) is 8.45. The van der Waals surface area contributed by atoms with Crippen LogP contribution in [0.2, 0.25) is 5.02 Å². The van der Waals surface area contributed by atoms with E-state index in [1.54, 1.807) is 11.3 Å². The normalized spacial score (nSPS) is 15.6. The van der Waals surface area contributed by atoms with Crippen LogP contribution in [-0.4, -0.2) is 32.0 Å². The van der Waals surface area contributed by atoms with Crippen LogP contribution in [0.5, 0.6) is 0 Å². The summed E-state index contributed by atoms with van der Waals surface area (Å²) in [4.78, 5) is 19.1. The molecular weight excluding hydrogens is 444 g/mol. The van der Waals surface area contributed by atoms with E-state index in [0.29, 0.717) is 10.8 Å². The number of benzene rings is 1. The van der Waals surface area contributed by atoms with Crippen LogP contribution in [0, 0.1) is 13.8 Å². The Morgan fingerprint density at radius 2 is 1.88 bits per heavy atom. The molecule has 1 aliphatic rings. The number of rotatable bonds is 4. The van der Waals surface area contributed by atoms with E-state index >= 15 is 0 Å². The van der Waals surface area contributed by atoms with Crippen molar-refractivity contribution >= 4 is 34.6 Å². The van der Waals surface area contributed by atoms with E-state index in [0.717, 1.165) is 34.1 Å². The third-order valence-electron chi connectivity index (χ3n) is 5.36. The van der Waals surface area contributed by atoms with Gasteiger partial charge in [-0.15, -0.1) is 21.5 Å². The molecule has 168 valence electrons. The molecule has 1 atom stereocenters. The second-order valence-corrected chi connectivity index (χ2v) is 10.6. The lowest BCUT2D eigenvalue weighted by Gasteiger charge is -2.21. The van der Waals surface area contributed by atoms with Crippen molar-refractivity contribution in [3.63, 3.8) is 0 Å². The summed E-state index contributed by atoms with van der Waals surface area (Å²) in [5.74, 6) is 1.20. The minimum Gasteiger partial charge on any atom is -0.460 e. The molecule has 2 aromatic heterocycles. The lowest BCUT2D eigenvalue weighted by atomic mass is 9.99. The van der Waals surface area contributed by atoms with E-state index in [2.05, 4.69) is 35.5 Å². The highest BCUT2D eigenvalue weighted by atomic mass is 35.5. The third kappa shape index (κ3) is 4.24. The van der Waals surface area contributed by atoms with Gasteiger partial charge in [0.1, 0.15) is 22.5 Å². The maximum Gasteiger partial charge on any atom is 0.308 e. The molecule has 0 N–H and O–H groups in total. The average Bonchev–Trinajstić information content (AvgIpc) is 3.22. The molecule has 0 aliphatic carbocycles. The molecule has 4 rings (SSSR count). The molecule has 3 heterocycles. The summed E-state index contributed by atoms with van der Waals surface area (Å²) in [6, 6.07) is 7.14. The number of aryl methyl sites for hydroxylation is 2. The van der Waals surface area contributed by atoms with E-state index in [9.17, 15) is 4.79 Å². The summed E-state index contributed by atoms with van der Waals surface area (Å²) < 4.78 is 7.69. The van der Waals surface area contributed by atoms with Crippen molar-refractivity contribution in [3.8, 4) is 5.00 Å². The van der Waals surface area contributed by atoms with Gasteiger partial charge in [-0.1, -0.05) is 30.7 Å². The number of esters is 1. The van der Waals surface area contributed by atoms with Gasteiger partial charge in [0.05, 0.1) is 12.1 Å². The van der Waals surface area contributed by atoms with Gasteiger partial charge in [0.2, 0.25) is 0 Å². The summed E-state index contributed by atoms with van der Waals surface area (Å²) >= 11 is 7.85. The van der Waals surface area contributed by atoms with Crippen LogP contribution >= 0.6 is 22.9 Å². The Labute approximate surface area is 197 Å². The van der Waals surface area contributed by atoms with Gasteiger partial charge in [-0.2, -0.15) is 0 Å². The van der Waals surface area contributed by atoms with Gasteiger partial charge in [0, 0.05) is 27.4 Å². The average molecular weight is 471 g/mol. The highest BCUT2D eigenvalue weighted by Gasteiger charge is 2.33. The van der Waals surface area contributed by atoms with Gasteiger partial charge < -0.3 is 4.74 Å². The van der Waals surface area contributed by atoms with Crippen LogP contribution in [0.25, 0.3) is 5.00 Å². The van der Waals surface area contributed by atoms with Crippen LogP contribution in [-0.2, 0) is 16.0 Å². The predicted octanol–water partition coefficient (Wildman–Crippen LogP) is 5.79. The zero-order valence-corrected chi connectivity index (χ0v) is 20.8. The molecule has 0 saturated heterocycles. The van der Waals surface area contributed by atoms with Crippen LogP contribution in [0.4, 0.5) is 0 Å². The van der Waals surface area contributed by atoms with E-state index in [4.69, 9.17) is 21.3 Å². The Balaban J connectivity index is 1.93. The van der Waals surface area contributed by atoms with Crippen molar-refractivity contribution in [2.75, 3.05) is 0 Å². The molecule has 0 unspecified atom stereocenters. The molecule has 3 aromatic rings. The first-order valence-electron chi connectivity index (χ1n) is 10.7. The number of fused-ring (bicyclic) bond motifs is 3. The highest BCUT2D eigenvalue weighted by Crippen LogP contribution is 2.40. The number of aliphatic imine (C=N–C) groups is 1. The molecule has 0 spiro atoms. The molecule has 0 fully saturated rings. The fourth-order valence-electron chi connectivity index (χ4n) is 3.82. The smallest absolute Gasteiger partial charge is 0.308 e. The Kier molecular flexibility index (Phi) is 5.98. The molecule has 8 heteroatoms. The number of hydrogen-bond donors (Lipinski definition) is 0. The summed E-state index contributed by atoms with van der Waals surface area (Å²) in [7, 11) is 0. The van der Waals surface area contributed by atoms with Gasteiger partial charge in [-0.25, -0.2) is 0 Å². The lowest BCUT2D eigenvalue weighted by molar-refractivity contribution is -0.155. The molecule has 0 saturated carbocycles. The maximum absolute atomic E-state index is 12.8. The zero-order valence-electron chi connectivity index (χ0n) is 19.2. The number of carbonyl (C=O) groups excluding carboxylic acids is 1. The number of halogens is 1. The lowest BCUT2D eigenvalue weighted by Crippen LogP contribution is -2.25. The molecule has 6 nitrogen and oxygen atoms in total. The van der Waals surface area contributed by atoms with Gasteiger partial charge in [0.25, 0.3) is 0 Å². The zero-order chi connectivity index (χ0) is 23.2. The first kappa shape index (κ1) is 22.7. The third-order valence-corrected chi connectivity index (χ3v) is 6.80. The quantitative estimate of drug-likeness (QED) is 0.453. The number of carbonyl (C=O) groups is 1. The van der Waals surface area contributed by atoms with Crippen LogP contribution < -0.4 is 0 Å². The number of aromatic nitrogens is 3. The fraction of sp³-hybridized carbons (Fsp3) is 0.417. The molecule has 1 aromatic carbocycles. The van der Waals surface area contributed by atoms with Crippen molar-refractivity contribution in [1.82, 2.24) is 14.8 Å². The molecule has 0 amide bonds. The first-order valence-corrected chi connectivity index (χ1v) is 11.9. The van der Waals surface area contributed by atoms with E-state index < -0.39 is 11.6 Å². The molecule has 0 bridgehead atoms. The summed E-state index contributed by atoms with van der Waals surface area (Å²) in [6.07, 6.45) is 0.807. The highest BCUT2D eigenvalue weighted by molar-refractivity contribution is 7.15. The van der Waals surface area contributed by atoms with Crippen molar-refractivity contribution < 1.29 is 9.53 Å². The predicted molar refractivity (Wildman–Crippen MR) is 128 cm³/mol. The van der Waals surface area contributed by atoms with Gasteiger partial charge >= 0.3 is 5.97 Å². The summed E-state index contributed by atoms with van der Waals surface area (Å²) in [5.41, 5.74) is 3.43. The molecule has 1 aliphatic heterocycles. The largest absolute Gasteiger partial charge is 0.460 e. The number of thiophene rings is 1. The van der Waals surface area contributed by atoms with Crippen molar-refractivity contribution in [1.29, 1.82) is 0 Å². The standard InChI is InChI=1S/C24H27ClN4O2S/c1-7-18-27-28-22-17(12-19(30)31-24(4,5)6)26-21(15-8-10-16(25)11-9-15)20-13(2)14(3)32-23(20)29(18)22/h8-11,17H,7,12H2,1-6H3/t17-/m1/s1. The topological polar surface area (TPSA) is 69.4 Å². The monoisotopic (exact) mass is 470 g/mol. The Morgan fingerprint density at radius 1 is 1.19 bits per heavy atom. The Bertz CT molecular complexity index is 1200. The van der Waals surface area contributed by atoms with Crippen molar-refractivity contribution in [3.05, 3.63) is 62.5 Å². The minimum atomic E-state index is -0.570. The Hall–Kier alpha value is -2.51. The van der Waals surface area contributed by atoms with E-state index in [1.165, 1.54) is 10.4 Å². The van der Waals surface area contributed by atoms with Crippen LogP contribution in [0.3, 0.4) is 0 Å². The van der Waals surface area contributed by atoms with Crippen molar-refractivity contribution in [2.45, 2.75) is 66.0 Å². The molecular formula is C24H27ClN4O2S. The molecule has 0 radical (unpaired) electrons. The summed E-state index contributed by atoms with van der Waals surface area (Å²) in [6.45, 7) is 11.9. The Morgan fingerprint density at radius 3 is 2.50 bits per heavy atom. The summed E-state index contributed by atoms with van der Waals surface area (Å²) in [5, 5.41) is 10.6. The minimum absolute atomic E-state index is 0.0865. The van der Waals surface area contributed by atoms with Crippen LogP contribution in [0.15, 0.2) is 29.3 Å². The van der Waals surface area contributed by atoms with Gasteiger partial charge in [0.15, 0.2) is 5.82 Å². The fourth-order valence-corrected chi connectivity index (χ4v) is 5.14. The number of nitrogens with zero attached hydrogens (tertiary/aromatic N) is 4.